The number of carbonyl (C=O) groups is 7. The number of nitrogens with zero attached hydrogens (tertiary/aromatic N) is 9. The van der Waals surface area contributed by atoms with Crippen molar-refractivity contribution in [1.82, 2.24) is 28.4 Å². The molecule has 12 aromatic rings. The second kappa shape index (κ2) is 34.9. The third-order valence-corrected chi connectivity index (χ3v) is 20.4. The molecule has 0 aliphatic carbocycles. The van der Waals surface area contributed by atoms with Gasteiger partial charge in [-0.05, 0) is 115 Å². The van der Waals surface area contributed by atoms with Crippen molar-refractivity contribution in [3.05, 3.63) is 287 Å². The van der Waals surface area contributed by atoms with E-state index in [1.165, 1.54) is 40.1 Å². The van der Waals surface area contributed by atoms with Crippen LogP contribution in [0.1, 0.15) is 111 Å². The summed E-state index contributed by atoms with van der Waals surface area (Å²) in [6.45, 7) is 10.2. The number of alkyl halides is 3. The maximum absolute atomic E-state index is 13.9. The summed E-state index contributed by atoms with van der Waals surface area (Å²) in [5, 5.41) is 6.03. The molecule has 0 atom stereocenters. The van der Waals surface area contributed by atoms with Crippen molar-refractivity contribution < 1.29 is 74.2 Å². The van der Waals surface area contributed by atoms with Crippen molar-refractivity contribution in [2.45, 2.75) is 46.6 Å². The van der Waals surface area contributed by atoms with E-state index in [2.05, 4.69) is 0 Å². The van der Waals surface area contributed by atoms with E-state index in [1.807, 2.05) is 74.0 Å². The van der Waals surface area contributed by atoms with Gasteiger partial charge in [0.15, 0.2) is 23.1 Å². The Morgan fingerprint density at radius 1 is 0.398 bits per heavy atom. The molecule has 0 radical (unpaired) electrons. The summed E-state index contributed by atoms with van der Waals surface area (Å²) in [6, 6.07) is 47.0. The zero-order chi connectivity index (χ0) is 79.5. The third-order valence-electron chi connectivity index (χ3n) is 19.7. The molecule has 3 aliphatic heterocycles. The number of rotatable bonds is 19. The number of ether oxygens (including phenoxy) is 3. The van der Waals surface area contributed by atoms with Crippen LogP contribution in [0, 0.1) is 0 Å². The fourth-order valence-corrected chi connectivity index (χ4v) is 14.9. The number of Topliss-reactive ketones (excluding diaryl/α,β-unsaturated/α-hetero) is 1. The zero-order valence-electron chi connectivity index (χ0n) is 61.9. The molecule has 10 heterocycles. The highest BCUT2D eigenvalue weighted by Gasteiger charge is 2.36. The van der Waals surface area contributed by atoms with Crippen LogP contribution >= 0.6 is 11.3 Å². The van der Waals surface area contributed by atoms with E-state index in [4.69, 9.17) is 27.5 Å². The summed E-state index contributed by atoms with van der Waals surface area (Å²) in [6.07, 6.45) is -0.112. The van der Waals surface area contributed by atoms with Crippen molar-refractivity contribution in [2.75, 3.05) is 113 Å². The quantitative estimate of drug-likeness (QED) is 0.0413. The molecule has 5 aromatic carbocycles. The molecule has 25 nitrogen and oxygen atoms in total. The number of piperazine rings is 3. The average Bonchev–Trinajstić information content (AvgIpc) is 0.765. The van der Waals surface area contributed by atoms with E-state index in [0.29, 0.717) is 141 Å². The zero-order valence-corrected chi connectivity index (χ0v) is 62.7. The Hall–Kier alpha value is -13.1. The van der Waals surface area contributed by atoms with Gasteiger partial charge in [0.2, 0.25) is 0 Å². The van der Waals surface area contributed by atoms with Gasteiger partial charge < -0.3 is 66.0 Å². The van der Waals surface area contributed by atoms with Crippen LogP contribution in [0.5, 0.6) is 0 Å². The maximum Gasteiger partial charge on any atom is 0.416 e. The van der Waals surface area contributed by atoms with E-state index < -0.39 is 40.8 Å². The minimum absolute atomic E-state index is 0.0339. The number of pyridine rings is 3. The molecule has 0 saturated carbocycles. The molecular weight excluding hydrogens is 1480 g/mol. The fourth-order valence-electron chi connectivity index (χ4n) is 14.3. The van der Waals surface area contributed by atoms with Gasteiger partial charge in [0.05, 0.1) is 97.4 Å². The molecular formula is C84H78F3N9O16S. The van der Waals surface area contributed by atoms with E-state index in [9.17, 15) is 61.1 Å². The minimum Gasteiger partial charge on any atom is -0.462 e. The SMILES string of the molecule is CCOC(=O)c1c(N2CCN(C(=O)c3ccco3)CC2)c2ccccc2n(CC(=O)c2ccccc2)c1=O.CCOC(=O)c1c(N2CCN(C(=O)c3ccco3)CC2)c2ccccc2n(Cc2ccc(C(F)(F)F)cc2)c1=O.CCOC(=O)c1c(N2CCN(C(=O)c3ccco3)CC2)c2ccccc2n(Cc2ccsc2)c1=O. The Balaban J connectivity index is 0.000000148. The van der Waals surface area contributed by atoms with E-state index in [1.54, 1.807) is 148 Å². The van der Waals surface area contributed by atoms with Crippen LogP contribution in [0.25, 0.3) is 32.7 Å². The maximum atomic E-state index is 13.9. The average molecular weight is 1560 g/mol. The van der Waals surface area contributed by atoms with Crippen LogP contribution in [-0.4, -0.2) is 168 Å². The number of halogens is 3. The van der Waals surface area contributed by atoms with Crippen molar-refractivity contribution in [2.24, 2.45) is 0 Å². The summed E-state index contributed by atoms with van der Waals surface area (Å²) in [4.78, 5) is 143. The van der Waals surface area contributed by atoms with Crippen molar-refractivity contribution in [1.29, 1.82) is 0 Å². The van der Waals surface area contributed by atoms with Gasteiger partial charge in [-0.1, -0.05) is 97.1 Å². The number of ketones is 1. The Morgan fingerprint density at radius 2 is 0.743 bits per heavy atom. The van der Waals surface area contributed by atoms with Crippen LogP contribution in [0.3, 0.4) is 0 Å². The van der Waals surface area contributed by atoms with Gasteiger partial charge in [-0.15, -0.1) is 0 Å². The first-order valence-corrected chi connectivity index (χ1v) is 37.7. The number of thiophene rings is 1. The Kier molecular flexibility index (Phi) is 24.1. The van der Waals surface area contributed by atoms with E-state index in [-0.39, 0.29) is 90.2 Å². The molecule has 3 amide bonds. The van der Waals surface area contributed by atoms with Crippen LogP contribution in [0.15, 0.2) is 227 Å². The van der Waals surface area contributed by atoms with Gasteiger partial charge in [-0.25, -0.2) is 14.4 Å². The fraction of sp³-hybridized carbons (Fsp3) is 0.262. The summed E-state index contributed by atoms with van der Waals surface area (Å²) in [5.41, 5.74) is 2.58. The molecule has 15 rings (SSSR count). The highest BCUT2D eigenvalue weighted by molar-refractivity contribution is 7.08. The minimum atomic E-state index is -4.48. The van der Waals surface area contributed by atoms with E-state index in [0.717, 1.165) is 28.6 Å². The highest BCUT2D eigenvalue weighted by atomic mass is 32.1. The number of para-hydroxylation sites is 3. The standard InChI is InChI=1S/C29H26F3N3O5.C29H27N3O6.C26H25N3O5S/c1-2-39-28(38)24-25(33-13-15-34(16-14-33)26(36)23-8-5-17-40-23)21-6-3-4-7-22(21)35(27(24)37)18-19-9-11-20(12-10-19)29(30,31)32;1-2-37-29(36)25-26(30-14-16-31(17-15-30)27(34)24-13-8-18-38-24)21-11-6-7-12-22(21)32(28(25)35)19-23(33)20-9-4-3-5-10-20;1-2-33-26(32)22-23(27-10-12-28(13-11-27)24(30)21-8-5-14-34-21)19-6-3-4-7-20(19)29(25(22)31)16-18-9-15-35-17-18/h3-12,17H,2,13-16,18H2,1H3;3-13,18H,2,14-17,19H2,1H3;3-9,14-15,17H,2,10-13,16H2,1H3. The Labute approximate surface area is 648 Å². The van der Waals surface area contributed by atoms with Gasteiger partial charge in [0.25, 0.3) is 34.4 Å². The van der Waals surface area contributed by atoms with Gasteiger partial charge >= 0.3 is 24.1 Å². The topological polar surface area (TPSA) is 272 Å². The molecule has 3 fully saturated rings. The predicted octanol–water partition coefficient (Wildman–Crippen LogP) is 12.3. The largest absolute Gasteiger partial charge is 0.462 e. The summed E-state index contributed by atoms with van der Waals surface area (Å²) >= 11 is 1.56. The third kappa shape index (κ3) is 16.8. The van der Waals surface area contributed by atoms with E-state index >= 15 is 0 Å². The summed E-state index contributed by atoms with van der Waals surface area (Å²) < 4.78 is 75.2. The normalized spacial score (nSPS) is 13.8. The van der Waals surface area contributed by atoms with Crippen molar-refractivity contribution in [3.8, 4) is 0 Å². The Morgan fingerprint density at radius 3 is 1.08 bits per heavy atom. The molecule has 7 aromatic heterocycles. The van der Waals surface area contributed by atoms with Gasteiger partial charge in [-0.2, -0.15) is 24.5 Å². The van der Waals surface area contributed by atoms with Crippen LogP contribution < -0.4 is 31.4 Å². The molecule has 582 valence electrons. The van der Waals surface area contributed by atoms with Gasteiger partial charge in [0, 0.05) is 100 Å². The number of benzene rings is 5. The summed E-state index contributed by atoms with van der Waals surface area (Å²) in [5.74, 6) is -2.23. The van der Waals surface area contributed by atoms with Gasteiger partial charge in [-0.3, -0.25) is 38.1 Å². The molecule has 3 aliphatic rings. The summed E-state index contributed by atoms with van der Waals surface area (Å²) in [7, 11) is 0. The number of amides is 3. The lowest BCUT2D eigenvalue weighted by atomic mass is 10.0. The monoisotopic (exact) mass is 1560 g/mol. The lowest BCUT2D eigenvalue weighted by Crippen LogP contribution is -2.49. The number of anilines is 3. The lowest BCUT2D eigenvalue weighted by Gasteiger charge is -2.37. The second-order valence-corrected chi connectivity index (χ2v) is 27.2. The number of carbonyl (C=O) groups excluding carboxylic acids is 7. The first-order valence-electron chi connectivity index (χ1n) is 36.7. The first kappa shape index (κ1) is 78.1. The molecule has 29 heteroatoms. The molecule has 0 unspecified atom stereocenters. The number of esters is 3. The smallest absolute Gasteiger partial charge is 0.416 e. The number of hydrogen-bond donors (Lipinski definition) is 0. The predicted molar refractivity (Wildman–Crippen MR) is 418 cm³/mol. The molecule has 3 saturated heterocycles. The van der Waals surface area contributed by atoms with Crippen LogP contribution in [0.2, 0.25) is 0 Å². The second-order valence-electron chi connectivity index (χ2n) is 26.4. The van der Waals surface area contributed by atoms with Gasteiger partial charge in [0.1, 0.15) is 16.7 Å². The first-order chi connectivity index (χ1) is 54.8. The number of aromatic nitrogens is 3. The van der Waals surface area contributed by atoms with Crippen molar-refractivity contribution in [3.63, 3.8) is 0 Å². The number of hydrogen-bond acceptors (Lipinski definition) is 20. The lowest BCUT2D eigenvalue weighted by molar-refractivity contribution is -0.137. The number of fused-ring (bicyclic) bond motifs is 3. The Bertz CT molecular complexity index is 5630. The molecule has 0 N–H and O–H groups in total. The highest BCUT2D eigenvalue weighted by Crippen LogP contribution is 2.36. The van der Waals surface area contributed by atoms with Crippen LogP contribution in [0.4, 0.5) is 30.2 Å². The van der Waals surface area contributed by atoms with Crippen LogP contribution in [-0.2, 0) is 40.0 Å². The molecule has 113 heavy (non-hydrogen) atoms. The number of furan rings is 3. The van der Waals surface area contributed by atoms with Crippen molar-refractivity contribution >= 4 is 103 Å². The molecule has 0 spiro atoms. The molecule has 0 bridgehead atoms.